The number of nitrogens with one attached hydrogen (secondary N) is 1. The monoisotopic (exact) mass is 350 g/mol. The third-order valence-electron chi connectivity index (χ3n) is 3.94. The molecule has 0 aliphatic carbocycles. The Bertz CT molecular complexity index is 719. The van der Waals surface area contributed by atoms with Crippen molar-refractivity contribution < 1.29 is 14.3 Å². The number of fused-ring (bicyclic) bond motifs is 1. The molecule has 1 unspecified atom stereocenters. The van der Waals surface area contributed by atoms with E-state index < -0.39 is 0 Å². The molecule has 1 N–H and O–H groups in total. The number of methoxy groups -OCH3 is 1. The first-order chi connectivity index (χ1) is 11.7. The Morgan fingerprint density at radius 3 is 3.21 bits per heavy atom. The van der Waals surface area contributed by atoms with E-state index in [1.165, 1.54) is 0 Å². The molecule has 0 fully saturated rings. The second-order valence-corrected chi connectivity index (χ2v) is 5.92. The maximum Gasteiger partial charge on any atom is 0.269 e. The number of carbonyl (C=O) groups is 1. The molecule has 8 heteroatoms. The Morgan fingerprint density at radius 1 is 1.54 bits per heavy atom. The maximum atomic E-state index is 12.2. The molecule has 1 aliphatic rings. The molecule has 2 aromatic rings. The molecule has 3 heterocycles. The SMILES string of the molecule is COCCn1ncc2c1COCC2CNC(=O)c1cccc(Cl)n1. The van der Waals surface area contributed by atoms with Crippen LogP contribution in [0, 0.1) is 0 Å². The van der Waals surface area contributed by atoms with Crippen molar-refractivity contribution in [1.82, 2.24) is 20.1 Å². The van der Waals surface area contributed by atoms with Gasteiger partial charge in [0.15, 0.2) is 0 Å². The Labute approximate surface area is 144 Å². The fourth-order valence-electron chi connectivity index (χ4n) is 2.69. The highest BCUT2D eigenvalue weighted by Gasteiger charge is 2.25. The second-order valence-electron chi connectivity index (χ2n) is 5.53. The van der Waals surface area contributed by atoms with Gasteiger partial charge in [-0.15, -0.1) is 0 Å². The first-order valence-electron chi connectivity index (χ1n) is 7.71. The van der Waals surface area contributed by atoms with E-state index in [2.05, 4.69) is 15.4 Å². The van der Waals surface area contributed by atoms with Gasteiger partial charge in [0.25, 0.3) is 5.91 Å². The molecule has 1 amide bonds. The van der Waals surface area contributed by atoms with Crippen molar-refractivity contribution in [1.29, 1.82) is 0 Å². The normalized spacial score (nSPS) is 16.7. The molecule has 0 saturated carbocycles. The molecular weight excluding hydrogens is 332 g/mol. The van der Waals surface area contributed by atoms with Crippen molar-refractivity contribution >= 4 is 17.5 Å². The molecule has 1 aliphatic heterocycles. The topological polar surface area (TPSA) is 78.3 Å². The standard InChI is InChI=1S/C16H19ClN4O3/c1-23-6-5-21-14-10-24-9-11(12(14)8-19-21)7-18-16(22)13-3-2-4-15(17)20-13/h2-4,8,11H,5-7,9-10H2,1H3,(H,18,22). The maximum absolute atomic E-state index is 12.2. The van der Waals surface area contributed by atoms with Gasteiger partial charge in [-0.2, -0.15) is 5.10 Å². The number of pyridine rings is 1. The lowest BCUT2D eigenvalue weighted by molar-refractivity contribution is 0.0794. The molecular formula is C16H19ClN4O3. The molecule has 0 aromatic carbocycles. The number of carbonyl (C=O) groups excluding carboxylic acids is 1. The zero-order valence-electron chi connectivity index (χ0n) is 13.4. The van der Waals surface area contributed by atoms with Crippen LogP contribution in [0.15, 0.2) is 24.4 Å². The van der Waals surface area contributed by atoms with Crippen molar-refractivity contribution in [3.8, 4) is 0 Å². The van der Waals surface area contributed by atoms with E-state index in [4.69, 9.17) is 21.1 Å². The van der Waals surface area contributed by atoms with Crippen LogP contribution in [0.2, 0.25) is 5.15 Å². The number of aromatic nitrogens is 3. The molecule has 3 rings (SSSR count). The number of amides is 1. The predicted molar refractivity (Wildman–Crippen MR) is 88.1 cm³/mol. The third kappa shape index (κ3) is 3.75. The molecule has 128 valence electrons. The average molecular weight is 351 g/mol. The fraction of sp³-hybridized carbons (Fsp3) is 0.438. The molecule has 0 bridgehead atoms. The van der Waals surface area contributed by atoms with E-state index in [1.807, 2.05) is 10.9 Å². The number of halogens is 1. The van der Waals surface area contributed by atoms with Gasteiger partial charge in [-0.25, -0.2) is 4.98 Å². The minimum Gasteiger partial charge on any atom is -0.383 e. The summed E-state index contributed by atoms with van der Waals surface area (Å²) >= 11 is 5.82. The van der Waals surface area contributed by atoms with Gasteiger partial charge in [0, 0.05) is 25.1 Å². The van der Waals surface area contributed by atoms with Crippen molar-refractivity contribution in [2.75, 3.05) is 26.9 Å². The van der Waals surface area contributed by atoms with E-state index in [0.717, 1.165) is 11.3 Å². The minimum absolute atomic E-state index is 0.0631. The number of ether oxygens (including phenoxy) is 2. The Kier molecular flexibility index (Phi) is 5.44. The van der Waals surface area contributed by atoms with Gasteiger partial charge in [-0.3, -0.25) is 9.48 Å². The summed E-state index contributed by atoms with van der Waals surface area (Å²) in [6, 6.07) is 4.96. The van der Waals surface area contributed by atoms with Crippen LogP contribution in [0.3, 0.4) is 0 Å². The Balaban J connectivity index is 1.65. The van der Waals surface area contributed by atoms with E-state index in [-0.39, 0.29) is 11.8 Å². The first kappa shape index (κ1) is 16.9. The van der Waals surface area contributed by atoms with Gasteiger partial charge >= 0.3 is 0 Å². The summed E-state index contributed by atoms with van der Waals surface area (Å²) in [6.07, 6.45) is 1.85. The molecule has 0 radical (unpaired) electrons. The van der Waals surface area contributed by atoms with Gasteiger partial charge in [0.05, 0.1) is 38.3 Å². The summed E-state index contributed by atoms with van der Waals surface area (Å²) in [6.45, 7) is 2.80. The van der Waals surface area contributed by atoms with Crippen molar-refractivity contribution in [2.45, 2.75) is 19.1 Å². The number of hydrogen-bond donors (Lipinski definition) is 1. The van der Waals surface area contributed by atoms with Crippen LogP contribution in [0.5, 0.6) is 0 Å². The Hall–Kier alpha value is -1.96. The van der Waals surface area contributed by atoms with Gasteiger partial charge < -0.3 is 14.8 Å². The Morgan fingerprint density at radius 2 is 2.42 bits per heavy atom. The fourth-order valence-corrected chi connectivity index (χ4v) is 2.86. The summed E-state index contributed by atoms with van der Waals surface area (Å²) in [5.74, 6) is -0.190. The molecule has 0 saturated heterocycles. The zero-order valence-corrected chi connectivity index (χ0v) is 14.1. The zero-order chi connectivity index (χ0) is 16.9. The van der Waals surface area contributed by atoms with Crippen LogP contribution in [0.4, 0.5) is 0 Å². The lowest BCUT2D eigenvalue weighted by Crippen LogP contribution is -2.32. The smallest absolute Gasteiger partial charge is 0.269 e. The first-order valence-corrected chi connectivity index (χ1v) is 8.09. The summed E-state index contributed by atoms with van der Waals surface area (Å²) in [5.41, 5.74) is 2.45. The highest BCUT2D eigenvalue weighted by atomic mass is 35.5. The summed E-state index contributed by atoms with van der Waals surface area (Å²) in [4.78, 5) is 16.2. The minimum atomic E-state index is -0.253. The lowest BCUT2D eigenvalue weighted by Gasteiger charge is -2.23. The molecule has 2 aromatic heterocycles. The molecule has 7 nitrogen and oxygen atoms in total. The average Bonchev–Trinajstić information content (AvgIpc) is 3.01. The van der Waals surface area contributed by atoms with Crippen LogP contribution in [-0.2, 0) is 22.6 Å². The van der Waals surface area contributed by atoms with Gasteiger partial charge in [0.1, 0.15) is 10.8 Å². The van der Waals surface area contributed by atoms with E-state index in [9.17, 15) is 4.79 Å². The van der Waals surface area contributed by atoms with E-state index >= 15 is 0 Å². The van der Waals surface area contributed by atoms with Crippen LogP contribution < -0.4 is 5.32 Å². The summed E-state index contributed by atoms with van der Waals surface area (Å²) in [5, 5.41) is 7.58. The predicted octanol–water partition coefficient (Wildman–Crippen LogP) is 1.62. The number of nitrogens with zero attached hydrogens (tertiary/aromatic N) is 3. The van der Waals surface area contributed by atoms with Gasteiger partial charge in [0.2, 0.25) is 0 Å². The molecule has 24 heavy (non-hydrogen) atoms. The molecule has 0 spiro atoms. The van der Waals surface area contributed by atoms with Crippen molar-refractivity contribution in [3.63, 3.8) is 0 Å². The highest BCUT2D eigenvalue weighted by Crippen LogP contribution is 2.26. The summed E-state index contributed by atoms with van der Waals surface area (Å²) in [7, 11) is 1.66. The third-order valence-corrected chi connectivity index (χ3v) is 4.15. The lowest BCUT2D eigenvalue weighted by atomic mass is 9.98. The van der Waals surface area contributed by atoms with E-state index in [0.29, 0.717) is 43.8 Å². The van der Waals surface area contributed by atoms with Crippen LogP contribution >= 0.6 is 11.6 Å². The second kappa shape index (κ2) is 7.74. The van der Waals surface area contributed by atoms with E-state index in [1.54, 1.807) is 25.3 Å². The number of hydrogen-bond acceptors (Lipinski definition) is 5. The van der Waals surface area contributed by atoms with Crippen LogP contribution in [-0.4, -0.2) is 47.5 Å². The van der Waals surface area contributed by atoms with Crippen molar-refractivity contribution in [3.05, 3.63) is 46.5 Å². The van der Waals surface area contributed by atoms with Crippen molar-refractivity contribution in [2.24, 2.45) is 0 Å². The molecule has 1 atom stereocenters. The highest BCUT2D eigenvalue weighted by molar-refractivity contribution is 6.29. The number of rotatable bonds is 6. The quantitative estimate of drug-likeness (QED) is 0.801. The van der Waals surface area contributed by atoms with Gasteiger partial charge in [-0.1, -0.05) is 17.7 Å². The summed E-state index contributed by atoms with van der Waals surface area (Å²) < 4.78 is 12.6. The van der Waals surface area contributed by atoms with Crippen LogP contribution in [0.1, 0.15) is 27.7 Å². The largest absolute Gasteiger partial charge is 0.383 e. The van der Waals surface area contributed by atoms with Crippen LogP contribution in [0.25, 0.3) is 0 Å². The van der Waals surface area contributed by atoms with Gasteiger partial charge in [-0.05, 0) is 12.1 Å².